The maximum absolute atomic E-state index is 5.80. The second kappa shape index (κ2) is 4.80. The predicted molar refractivity (Wildman–Crippen MR) is 72.7 cm³/mol. The van der Waals surface area contributed by atoms with Gasteiger partial charge in [0.05, 0.1) is 0 Å². The number of hydrogen-bond donors (Lipinski definition) is 1. The topological polar surface area (TPSA) is 25.0 Å². The van der Waals surface area contributed by atoms with Gasteiger partial charge in [-0.15, -0.1) is 0 Å². The Morgan fingerprint density at radius 2 is 1.56 bits per heavy atom. The summed E-state index contributed by atoms with van der Waals surface area (Å²) in [5.74, 6) is 1.69. The average molecular weight is 235 g/mol. The van der Waals surface area contributed by atoms with E-state index < -0.39 is 0 Å². The molecule has 0 amide bonds. The number of aromatic amines is 1. The quantitative estimate of drug-likeness (QED) is 0.711. The zero-order valence-electron chi connectivity index (χ0n) is 9.84. The van der Waals surface area contributed by atoms with Gasteiger partial charge < -0.3 is 9.72 Å². The van der Waals surface area contributed by atoms with E-state index in [1.807, 2.05) is 66.9 Å². The minimum Gasteiger partial charge on any atom is -0.457 e. The minimum atomic E-state index is 0.841. The molecule has 2 nitrogen and oxygen atoms in total. The molecule has 0 saturated carbocycles. The third-order valence-corrected chi connectivity index (χ3v) is 2.72. The van der Waals surface area contributed by atoms with E-state index in [1.54, 1.807) is 0 Å². The van der Waals surface area contributed by atoms with Gasteiger partial charge in [-0.1, -0.05) is 30.3 Å². The molecule has 0 aliphatic heterocycles. The SMILES string of the molecule is c1ccc(Oc2cccc(-c3ccc[nH]3)c2)cc1. The Morgan fingerprint density at radius 1 is 0.722 bits per heavy atom. The Balaban J connectivity index is 1.88. The van der Waals surface area contributed by atoms with Crippen LogP contribution in [-0.2, 0) is 0 Å². The van der Waals surface area contributed by atoms with Crippen LogP contribution in [0.4, 0.5) is 0 Å². The molecule has 1 heterocycles. The number of ether oxygens (including phenoxy) is 1. The molecule has 2 heteroatoms. The van der Waals surface area contributed by atoms with Crippen molar-refractivity contribution in [2.45, 2.75) is 0 Å². The number of H-pyrrole nitrogens is 1. The van der Waals surface area contributed by atoms with Gasteiger partial charge in [0, 0.05) is 17.5 Å². The van der Waals surface area contributed by atoms with Crippen molar-refractivity contribution in [1.82, 2.24) is 4.98 Å². The fourth-order valence-electron chi connectivity index (χ4n) is 1.86. The molecule has 0 radical (unpaired) electrons. The highest BCUT2D eigenvalue weighted by Crippen LogP contribution is 2.26. The number of rotatable bonds is 3. The zero-order valence-corrected chi connectivity index (χ0v) is 9.84. The predicted octanol–water partition coefficient (Wildman–Crippen LogP) is 4.47. The van der Waals surface area contributed by atoms with E-state index in [1.165, 1.54) is 0 Å². The molecule has 0 bridgehead atoms. The van der Waals surface area contributed by atoms with Crippen LogP contribution in [0.15, 0.2) is 72.9 Å². The molecule has 0 unspecified atom stereocenters. The van der Waals surface area contributed by atoms with Crippen LogP contribution < -0.4 is 4.74 Å². The number of nitrogens with one attached hydrogen (secondary N) is 1. The molecule has 3 aromatic rings. The molecule has 1 N–H and O–H groups in total. The molecule has 18 heavy (non-hydrogen) atoms. The number of benzene rings is 2. The van der Waals surface area contributed by atoms with Crippen molar-refractivity contribution >= 4 is 0 Å². The first-order valence-corrected chi connectivity index (χ1v) is 5.88. The van der Waals surface area contributed by atoms with Crippen LogP contribution in [0.3, 0.4) is 0 Å². The normalized spacial score (nSPS) is 10.2. The number of hydrogen-bond acceptors (Lipinski definition) is 1. The molecular weight excluding hydrogens is 222 g/mol. The third kappa shape index (κ3) is 2.28. The summed E-state index contributed by atoms with van der Waals surface area (Å²) >= 11 is 0. The second-order valence-electron chi connectivity index (χ2n) is 4.03. The molecule has 2 aromatic carbocycles. The molecule has 0 fully saturated rings. The molecule has 0 atom stereocenters. The van der Waals surface area contributed by atoms with E-state index in [0.717, 1.165) is 22.8 Å². The van der Waals surface area contributed by atoms with E-state index in [0.29, 0.717) is 0 Å². The Kier molecular flexibility index (Phi) is 2.84. The summed E-state index contributed by atoms with van der Waals surface area (Å²) in [5.41, 5.74) is 2.21. The molecule has 1 aromatic heterocycles. The standard InChI is InChI=1S/C16H13NO/c1-2-7-14(8-3-1)18-15-9-4-6-13(12-15)16-10-5-11-17-16/h1-12,17H. The Hall–Kier alpha value is -2.48. The molecule has 0 spiro atoms. The van der Waals surface area contributed by atoms with Gasteiger partial charge in [0.1, 0.15) is 11.5 Å². The smallest absolute Gasteiger partial charge is 0.128 e. The largest absolute Gasteiger partial charge is 0.457 e. The third-order valence-electron chi connectivity index (χ3n) is 2.72. The highest BCUT2D eigenvalue weighted by atomic mass is 16.5. The van der Waals surface area contributed by atoms with Gasteiger partial charge >= 0.3 is 0 Å². The summed E-state index contributed by atoms with van der Waals surface area (Å²) in [7, 11) is 0. The fraction of sp³-hybridized carbons (Fsp3) is 0. The first-order valence-electron chi connectivity index (χ1n) is 5.88. The number of para-hydroxylation sites is 1. The van der Waals surface area contributed by atoms with E-state index in [-0.39, 0.29) is 0 Å². The van der Waals surface area contributed by atoms with Gasteiger partial charge in [0.15, 0.2) is 0 Å². The molecule has 3 rings (SSSR count). The van der Waals surface area contributed by atoms with Gasteiger partial charge in [-0.2, -0.15) is 0 Å². The van der Waals surface area contributed by atoms with Crippen molar-refractivity contribution in [2.75, 3.05) is 0 Å². The summed E-state index contributed by atoms with van der Waals surface area (Å²) in [6.07, 6.45) is 1.92. The van der Waals surface area contributed by atoms with Crippen LogP contribution in [0.2, 0.25) is 0 Å². The lowest BCUT2D eigenvalue weighted by molar-refractivity contribution is 0.483. The summed E-state index contributed by atoms with van der Waals surface area (Å²) in [4.78, 5) is 3.19. The van der Waals surface area contributed by atoms with Crippen LogP contribution in [0.5, 0.6) is 11.5 Å². The van der Waals surface area contributed by atoms with Crippen LogP contribution >= 0.6 is 0 Å². The monoisotopic (exact) mass is 235 g/mol. The van der Waals surface area contributed by atoms with E-state index in [9.17, 15) is 0 Å². The van der Waals surface area contributed by atoms with Crippen LogP contribution in [-0.4, -0.2) is 4.98 Å². The Bertz CT molecular complexity index is 615. The Labute approximate surface area is 106 Å². The van der Waals surface area contributed by atoms with Gasteiger partial charge in [-0.3, -0.25) is 0 Å². The van der Waals surface area contributed by atoms with E-state index in [2.05, 4.69) is 11.1 Å². The van der Waals surface area contributed by atoms with Gasteiger partial charge in [-0.05, 0) is 36.4 Å². The highest BCUT2D eigenvalue weighted by molar-refractivity contribution is 5.61. The summed E-state index contributed by atoms with van der Waals surface area (Å²) < 4.78 is 5.80. The van der Waals surface area contributed by atoms with E-state index in [4.69, 9.17) is 4.74 Å². The number of aromatic nitrogens is 1. The molecule has 0 aliphatic carbocycles. The van der Waals surface area contributed by atoms with Gasteiger partial charge in [0.25, 0.3) is 0 Å². The average Bonchev–Trinajstić information content (AvgIpc) is 2.94. The van der Waals surface area contributed by atoms with Gasteiger partial charge in [-0.25, -0.2) is 0 Å². The van der Waals surface area contributed by atoms with Crippen LogP contribution in [0.1, 0.15) is 0 Å². The Morgan fingerprint density at radius 3 is 2.33 bits per heavy atom. The van der Waals surface area contributed by atoms with Crippen molar-refractivity contribution in [2.24, 2.45) is 0 Å². The van der Waals surface area contributed by atoms with Crippen molar-refractivity contribution in [3.05, 3.63) is 72.9 Å². The summed E-state index contributed by atoms with van der Waals surface area (Å²) in [5, 5.41) is 0. The van der Waals surface area contributed by atoms with E-state index >= 15 is 0 Å². The minimum absolute atomic E-state index is 0.841. The maximum atomic E-state index is 5.80. The molecule has 88 valence electrons. The highest BCUT2D eigenvalue weighted by Gasteiger charge is 2.01. The first-order chi connectivity index (χ1) is 8.92. The van der Waals surface area contributed by atoms with Crippen molar-refractivity contribution in [3.8, 4) is 22.8 Å². The summed E-state index contributed by atoms with van der Waals surface area (Å²) in [6, 6.07) is 21.9. The second-order valence-corrected chi connectivity index (χ2v) is 4.03. The lowest BCUT2D eigenvalue weighted by Crippen LogP contribution is -1.84. The molecule has 0 aliphatic rings. The first kappa shape index (κ1) is 10.7. The zero-order chi connectivity index (χ0) is 12.2. The lowest BCUT2D eigenvalue weighted by Gasteiger charge is -2.06. The van der Waals surface area contributed by atoms with Crippen molar-refractivity contribution in [1.29, 1.82) is 0 Å². The van der Waals surface area contributed by atoms with Gasteiger partial charge in [0.2, 0.25) is 0 Å². The summed E-state index contributed by atoms with van der Waals surface area (Å²) in [6.45, 7) is 0. The molecule has 0 saturated heterocycles. The van der Waals surface area contributed by atoms with Crippen LogP contribution in [0.25, 0.3) is 11.3 Å². The van der Waals surface area contributed by atoms with Crippen molar-refractivity contribution < 1.29 is 4.74 Å². The van der Waals surface area contributed by atoms with Crippen molar-refractivity contribution in [3.63, 3.8) is 0 Å². The molecular formula is C16H13NO. The fourth-order valence-corrected chi connectivity index (χ4v) is 1.86. The van der Waals surface area contributed by atoms with Crippen LogP contribution in [0, 0.1) is 0 Å². The lowest BCUT2D eigenvalue weighted by atomic mass is 10.1. The maximum Gasteiger partial charge on any atom is 0.128 e.